The molecule has 8 nitrogen and oxygen atoms in total. The van der Waals surface area contributed by atoms with E-state index in [9.17, 15) is 9.59 Å². The second-order valence-corrected chi connectivity index (χ2v) is 7.65. The molecular weight excluding hydrogens is 416 g/mol. The number of thioether (sulfide) groups is 1. The minimum atomic E-state index is -0.653. The van der Waals surface area contributed by atoms with Crippen molar-refractivity contribution >= 4 is 34.3 Å². The fourth-order valence-electron chi connectivity index (χ4n) is 3.21. The van der Waals surface area contributed by atoms with Crippen molar-refractivity contribution in [2.45, 2.75) is 13.1 Å². The monoisotopic (exact) mass is 438 g/mol. The molecular formula is C22H22N4O4S. The second-order valence-electron chi connectivity index (χ2n) is 6.71. The molecule has 0 saturated carbocycles. The summed E-state index contributed by atoms with van der Waals surface area (Å²) in [7, 11) is 1.58. The molecule has 2 aliphatic heterocycles. The highest BCUT2D eigenvalue weighted by atomic mass is 32.2. The van der Waals surface area contributed by atoms with Crippen LogP contribution in [-0.4, -0.2) is 47.4 Å². The van der Waals surface area contributed by atoms with Crippen molar-refractivity contribution < 1.29 is 19.1 Å². The Morgan fingerprint density at radius 1 is 1.16 bits per heavy atom. The average Bonchev–Trinajstić information content (AvgIpc) is 3.22. The van der Waals surface area contributed by atoms with Crippen LogP contribution in [0.25, 0.3) is 0 Å². The molecule has 1 atom stereocenters. The summed E-state index contributed by atoms with van der Waals surface area (Å²) in [4.78, 5) is 28.8. The van der Waals surface area contributed by atoms with E-state index in [-0.39, 0.29) is 17.4 Å². The summed E-state index contributed by atoms with van der Waals surface area (Å²) in [6.07, 6.45) is 2.81. The number of hydrogen-bond donors (Lipinski definition) is 1. The van der Waals surface area contributed by atoms with Crippen molar-refractivity contribution in [1.82, 2.24) is 10.3 Å². The second kappa shape index (κ2) is 9.13. The number of hydrogen-bond acceptors (Lipinski definition) is 8. The zero-order valence-corrected chi connectivity index (χ0v) is 18.0. The van der Waals surface area contributed by atoms with Gasteiger partial charge in [-0.3, -0.25) is 24.8 Å². The molecule has 31 heavy (non-hydrogen) atoms. The van der Waals surface area contributed by atoms with Crippen molar-refractivity contribution in [3.63, 3.8) is 0 Å². The van der Waals surface area contributed by atoms with Gasteiger partial charge in [-0.1, -0.05) is 17.8 Å². The van der Waals surface area contributed by atoms with E-state index in [0.29, 0.717) is 28.8 Å². The van der Waals surface area contributed by atoms with Gasteiger partial charge in [-0.15, -0.1) is 0 Å². The zero-order chi connectivity index (χ0) is 21.8. The Morgan fingerprint density at radius 3 is 2.71 bits per heavy atom. The Bertz CT molecular complexity index is 1040. The molecule has 1 unspecified atom stereocenters. The Kier molecular flexibility index (Phi) is 6.13. The van der Waals surface area contributed by atoms with Gasteiger partial charge in [-0.25, -0.2) is 0 Å². The van der Waals surface area contributed by atoms with Gasteiger partial charge in [-0.05, 0) is 43.3 Å². The molecule has 0 fully saturated rings. The standard InChI is InChI=1S/C22H22N4O4S/c1-3-30-17-9-7-15(8-10-17)19(27)14-31-22-24-23-20-21(28)25(11-12-26(20)22)16-5-4-6-18(13-16)29-2/h4-13,20,23H,3,14H2,1-2H3. The molecule has 160 valence electrons. The molecule has 0 radical (unpaired) electrons. The predicted octanol–water partition coefficient (Wildman–Crippen LogP) is 3.03. The fraction of sp³-hybridized carbons (Fsp3) is 0.227. The molecule has 2 aromatic carbocycles. The van der Waals surface area contributed by atoms with Gasteiger partial charge in [0.15, 0.2) is 11.0 Å². The summed E-state index contributed by atoms with van der Waals surface area (Å²) < 4.78 is 10.6. The smallest absolute Gasteiger partial charge is 0.276 e. The lowest BCUT2D eigenvalue weighted by Crippen LogP contribution is -2.52. The zero-order valence-electron chi connectivity index (χ0n) is 17.1. The first-order valence-corrected chi connectivity index (χ1v) is 10.7. The van der Waals surface area contributed by atoms with Gasteiger partial charge >= 0.3 is 0 Å². The van der Waals surface area contributed by atoms with E-state index < -0.39 is 6.17 Å². The summed E-state index contributed by atoms with van der Waals surface area (Å²) >= 11 is 1.28. The number of fused-ring (bicyclic) bond motifs is 1. The topological polar surface area (TPSA) is 83.5 Å². The maximum absolute atomic E-state index is 13.0. The van der Waals surface area contributed by atoms with Crippen LogP contribution in [0.5, 0.6) is 11.5 Å². The van der Waals surface area contributed by atoms with Crippen LogP contribution in [0.4, 0.5) is 5.69 Å². The van der Waals surface area contributed by atoms with Gasteiger partial charge in [0, 0.05) is 24.0 Å². The molecule has 0 aliphatic carbocycles. The van der Waals surface area contributed by atoms with Crippen LogP contribution in [0.2, 0.25) is 0 Å². The van der Waals surface area contributed by atoms with Crippen molar-refractivity contribution in [3.05, 3.63) is 66.5 Å². The number of Topliss-reactive ketones (excluding diaryl/α,β-unsaturated/α-hetero) is 1. The van der Waals surface area contributed by atoms with Crippen LogP contribution in [-0.2, 0) is 4.79 Å². The van der Waals surface area contributed by atoms with Gasteiger partial charge < -0.3 is 9.47 Å². The number of methoxy groups -OCH3 is 1. The van der Waals surface area contributed by atoms with Crippen LogP contribution < -0.4 is 19.8 Å². The highest BCUT2D eigenvalue weighted by Gasteiger charge is 2.38. The number of nitrogens with one attached hydrogen (secondary N) is 1. The van der Waals surface area contributed by atoms with E-state index in [0.717, 1.165) is 5.75 Å². The minimum Gasteiger partial charge on any atom is -0.497 e. The number of rotatable bonds is 7. The minimum absolute atomic E-state index is 0.0236. The number of carbonyl (C=O) groups is 2. The number of nitrogens with zero attached hydrogens (tertiary/aromatic N) is 3. The van der Waals surface area contributed by atoms with Gasteiger partial charge in [0.05, 0.1) is 25.2 Å². The maximum atomic E-state index is 13.0. The van der Waals surface area contributed by atoms with E-state index in [1.54, 1.807) is 59.6 Å². The molecule has 2 heterocycles. The number of amides is 1. The van der Waals surface area contributed by atoms with E-state index in [1.165, 1.54) is 11.8 Å². The quantitative estimate of drug-likeness (QED) is 0.665. The Balaban J connectivity index is 1.40. The van der Waals surface area contributed by atoms with Crippen LogP contribution in [0, 0.1) is 0 Å². The normalized spacial score (nSPS) is 17.2. The van der Waals surface area contributed by atoms with Crippen LogP contribution in [0.1, 0.15) is 17.3 Å². The lowest BCUT2D eigenvalue weighted by atomic mass is 10.1. The first-order valence-electron chi connectivity index (χ1n) is 9.76. The Hall–Kier alpha value is -3.46. The highest BCUT2D eigenvalue weighted by Crippen LogP contribution is 2.28. The number of hydrazone groups is 1. The summed E-state index contributed by atoms with van der Waals surface area (Å²) in [6, 6.07) is 14.3. The molecule has 2 aromatic rings. The first-order chi connectivity index (χ1) is 15.1. The van der Waals surface area contributed by atoms with Gasteiger partial charge in [0.2, 0.25) is 6.17 Å². The van der Waals surface area contributed by atoms with Gasteiger partial charge in [0.1, 0.15) is 11.5 Å². The average molecular weight is 439 g/mol. The number of ether oxygens (including phenoxy) is 2. The molecule has 1 N–H and O–H groups in total. The molecule has 0 bridgehead atoms. The number of anilines is 1. The van der Waals surface area contributed by atoms with Crippen LogP contribution in [0.15, 0.2) is 66.0 Å². The third kappa shape index (κ3) is 4.36. The lowest BCUT2D eigenvalue weighted by Gasteiger charge is -2.32. The number of benzene rings is 2. The van der Waals surface area contributed by atoms with E-state index >= 15 is 0 Å². The largest absolute Gasteiger partial charge is 0.497 e. The molecule has 9 heteroatoms. The first kappa shape index (κ1) is 20.8. The van der Waals surface area contributed by atoms with Crippen LogP contribution in [0.3, 0.4) is 0 Å². The third-order valence-corrected chi connectivity index (χ3v) is 5.75. The molecule has 0 aromatic heterocycles. The predicted molar refractivity (Wildman–Crippen MR) is 120 cm³/mol. The van der Waals surface area contributed by atoms with Crippen molar-refractivity contribution in [2.24, 2.45) is 5.10 Å². The fourth-order valence-corrected chi connectivity index (χ4v) is 4.07. The van der Waals surface area contributed by atoms with Gasteiger partial charge in [0.25, 0.3) is 5.91 Å². The SMILES string of the molecule is CCOc1ccc(C(=O)CSC2=NNC3C(=O)N(c4cccc(OC)c4)C=CN23)cc1. The summed E-state index contributed by atoms with van der Waals surface area (Å²) in [5.41, 5.74) is 4.17. The highest BCUT2D eigenvalue weighted by molar-refractivity contribution is 8.14. The Labute approximate surface area is 184 Å². The number of amidine groups is 1. The Morgan fingerprint density at radius 2 is 1.97 bits per heavy atom. The van der Waals surface area contributed by atoms with Crippen molar-refractivity contribution in [1.29, 1.82) is 0 Å². The molecule has 2 aliphatic rings. The summed E-state index contributed by atoms with van der Waals surface area (Å²) in [6.45, 7) is 2.49. The van der Waals surface area contributed by atoms with Crippen molar-refractivity contribution in [2.75, 3.05) is 24.4 Å². The maximum Gasteiger partial charge on any atom is 0.276 e. The molecule has 4 rings (SSSR count). The summed E-state index contributed by atoms with van der Waals surface area (Å²) in [5.74, 6) is 1.41. The number of ketones is 1. The summed E-state index contributed by atoms with van der Waals surface area (Å²) in [5, 5.41) is 4.83. The third-order valence-electron chi connectivity index (χ3n) is 4.78. The number of carbonyl (C=O) groups excluding carboxylic acids is 2. The molecule has 1 amide bonds. The molecule has 0 spiro atoms. The van der Waals surface area contributed by atoms with Crippen molar-refractivity contribution in [3.8, 4) is 11.5 Å². The van der Waals surface area contributed by atoms with Gasteiger partial charge in [-0.2, -0.15) is 5.10 Å². The van der Waals surface area contributed by atoms with E-state index in [2.05, 4.69) is 10.5 Å². The van der Waals surface area contributed by atoms with E-state index in [4.69, 9.17) is 9.47 Å². The van der Waals surface area contributed by atoms with Crippen LogP contribution >= 0.6 is 11.8 Å². The lowest BCUT2D eigenvalue weighted by molar-refractivity contribution is -0.122. The molecule has 0 saturated heterocycles. The van der Waals surface area contributed by atoms with E-state index in [1.807, 2.05) is 25.1 Å².